The molecule has 2 bridgehead atoms. The highest BCUT2D eigenvalue weighted by molar-refractivity contribution is 9.10. The lowest BCUT2D eigenvalue weighted by Crippen LogP contribution is -2.14. The number of aliphatic hydroxyl groups excluding tert-OH is 1. The fourth-order valence-corrected chi connectivity index (χ4v) is 5.01. The van der Waals surface area contributed by atoms with Crippen LogP contribution in [-0.2, 0) is 0 Å². The number of aromatic nitrogens is 2. The molecule has 4 rings (SSSR count). The van der Waals surface area contributed by atoms with Gasteiger partial charge in [0.15, 0.2) is 0 Å². The molecule has 5 heteroatoms. The van der Waals surface area contributed by atoms with Gasteiger partial charge in [-0.15, -0.1) is 0 Å². The van der Waals surface area contributed by atoms with Crippen molar-refractivity contribution >= 4 is 27.0 Å². The molecule has 1 heterocycles. The predicted octanol–water partition coefficient (Wildman–Crippen LogP) is 3.48. The molecule has 1 aromatic carbocycles. The van der Waals surface area contributed by atoms with Crippen LogP contribution in [0, 0.1) is 17.8 Å². The van der Waals surface area contributed by atoms with Gasteiger partial charge in [-0.3, -0.25) is 0 Å². The summed E-state index contributed by atoms with van der Waals surface area (Å²) in [4.78, 5) is 16.9. The van der Waals surface area contributed by atoms with Gasteiger partial charge in [-0.1, -0.05) is 22.4 Å². The monoisotopic (exact) mass is 350 g/mol. The van der Waals surface area contributed by atoms with Crippen molar-refractivity contribution in [3.8, 4) is 0 Å². The van der Waals surface area contributed by atoms with Gasteiger partial charge >= 0.3 is 5.69 Å². The molecule has 2 aromatic rings. The van der Waals surface area contributed by atoms with Gasteiger partial charge in [0, 0.05) is 4.47 Å². The van der Waals surface area contributed by atoms with Crippen molar-refractivity contribution in [1.29, 1.82) is 0 Å². The molecule has 0 spiro atoms. The molecule has 2 saturated carbocycles. The maximum atomic E-state index is 11.4. The first-order chi connectivity index (χ1) is 10.1. The molecule has 0 amide bonds. The van der Waals surface area contributed by atoms with E-state index in [9.17, 15) is 9.90 Å². The fraction of sp³-hybridized carbons (Fsp3) is 0.562. The zero-order chi connectivity index (χ0) is 14.6. The molecule has 3 N–H and O–H groups in total. The zero-order valence-electron chi connectivity index (χ0n) is 11.7. The summed E-state index contributed by atoms with van der Waals surface area (Å²) in [6.45, 7) is 0. The smallest absolute Gasteiger partial charge is 0.323 e. The Kier molecular flexibility index (Phi) is 3.23. The number of fused-ring (bicyclic) bond motifs is 3. The van der Waals surface area contributed by atoms with E-state index >= 15 is 0 Å². The number of hydrogen-bond acceptors (Lipinski definition) is 2. The van der Waals surface area contributed by atoms with E-state index in [0.29, 0.717) is 5.92 Å². The van der Waals surface area contributed by atoms with Gasteiger partial charge in [0.05, 0.1) is 17.1 Å². The number of benzene rings is 1. The van der Waals surface area contributed by atoms with E-state index < -0.39 is 6.10 Å². The van der Waals surface area contributed by atoms with Gasteiger partial charge in [0.25, 0.3) is 0 Å². The first-order valence-corrected chi connectivity index (χ1v) is 8.49. The third-order valence-electron chi connectivity index (χ3n) is 5.40. The van der Waals surface area contributed by atoms with Gasteiger partial charge < -0.3 is 15.1 Å². The fourth-order valence-electron chi connectivity index (χ4n) is 4.41. The van der Waals surface area contributed by atoms with E-state index in [1.807, 2.05) is 12.1 Å². The molecule has 4 nitrogen and oxygen atoms in total. The van der Waals surface area contributed by atoms with Crippen molar-refractivity contribution in [3.05, 3.63) is 32.7 Å². The van der Waals surface area contributed by atoms with Crippen LogP contribution >= 0.6 is 15.9 Å². The molecular weight excluding hydrogens is 332 g/mol. The Balaban J connectivity index is 1.59. The molecule has 4 unspecified atom stereocenters. The summed E-state index contributed by atoms with van der Waals surface area (Å²) in [6.07, 6.45) is 5.74. The third-order valence-corrected chi connectivity index (χ3v) is 6.09. The number of imidazole rings is 1. The van der Waals surface area contributed by atoms with E-state index in [-0.39, 0.29) is 5.69 Å². The minimum atomic E-state index is -0.466. The summed E-state index contributed by atoms with van der Waals surface area (Å²) in [5.74, 6) is 2.38. The molecule has 2 aliphatic rings. The van der Waals surface area contributed by atoms with Crippen molar-refractivity contribution in [3.63, 3.8) is 0 Å². The maximum Gasteiger partial charge on any atom is 0.323 e. The molecule has 4 atom stereocenters. The summed E-state index contributed by atoms with van der Waals surface area (Å²) >= 11 is 3.52. The van der Waals surface area contributed by atoms with Crippen molar-refractivity contribution in [1.82, 2.24) is 9.97 Å². The molecule has 0 aliphatic heterocycles. The van der Waals surface area contributed by atoms with Crippen LogP contribution in [0.1, 0.15) is 43.8 Å². The lowest BCUT2D eigenvalue weighted by atomic mass is 9.83. The molecule has 21 heavy (non-hydrogen) atoms. The van der Waals surface area contributed by atoms with Crippen LogP contribution in [0.4, 0.5) is 0 Å². The Morgan fingerprint density at radius 2 is 2.00 bits per heavy atom. The number of halogens is 1. The highest BCUT2D eigenvalue weighted by atomic mass is 79.9. The molecular formula is C16H19BrN2O2. The zero-order valence-corrected chi connectivity index (χ0v) is 13.3. The van der Waals surface area contributed by atoms with Gasteiger partial charge in [-0.2, -0.15) is 0 Å². The lowest BCUT2D eigenvalue weighted by molar-refractivity contribution is 0.125. The summed E-state index contributed by atoms with van der Waals surface area (Å²) in [5, 5.41) is 10.6. The molecule has 0 saturated heterocycles. The van der Waals surface area contributed by atoms with Crippen LogP contribution in [0.5, 0.6) is 0 Å². The molecule has 112 valence electrons. The van der Waals surface area contributed by atoms with Crippen molar-refractivity contribution in [2.45, 2.75) is 38.2 Å². The Labute approximate surface area is 131 Å². The second-order valence-corrected chi connectivity index (χ2v) is 7.54. The van der Waals surface area contributed by atoms with Gasteiger partial charge in [-0.05, 0) is 61.1 Å². The normalized spacial score (nSPS) is 29.3. The highest BCUT2D eigenvalue weighted by Gasteiger charge is 2.40. The number of H-pyrrole nitrogens is 2. The second kappa shape index (κ2) is 4.99. The van der Waals surface area contributed by atoms with Crippen LogP contribution in [-0.4, -0.2) is 15.1 Å². The summed E-state index contributed by atoms with van der Waals surface area (Å²) < 4.78 is 0.862. The Morgan fingerprint density at radius 3 is 2.67 bits per heavy atom. The Morgan fingerprint density at radius 1 is 1.24 bits per heavy atom. The number of nitrogens with one attached hydrogen (secondary N) is 2. The third kappa shape index (κ3) is 2.36. The van der Waals surface area contributed by atoms with Crippen LogP contribution in [0.2, 0.25) is 0 Å². The number of aliphatic hydroxyl groups is 1. The topological polar surface area (TPSA) is 68.9 Å². The van der Waals surface area contributed by atoms with E-state index in [1.165, 1.54) is 25.7 Å². The van der Waals surface area contributed by atoms with Gasteiger partial charge in [0.2, 0.25) is 0 Å². The molecule has 0 radical (unpaired) electrons. The molecule has 2 aliphatic carbocycles. The van der Waals surface area contributed by atoms with Gasteiger partial charge in [0.1, 0.15) is 0 Å². The summed E-state index contributed by atoms with van der Waals surface area (Å²) in [5.41, 5.74) is 2.19. The van der Waals surface area contributed by atoms with E-state index in [2.05, 4.69) is 25.9 Å². The average Bonchev–Trinajstić information content (AvgIpc) is 3.11. The van der Waals surface area contributed by atoms with E-state index in [4.69, 9.17) is 0 Å². The largest absolute Gasteiger partial charge is 0.388 e. The van der Waals surface area contributed by atoms with Crippen LogP contribution in [0.3, 0.4) is 0 Å². The van der Waals surface area contributed by atoms with E-state index in [1.54, 1.807) is 0 Å². The first-order valence-electron chi connectivity index (χ1n) is 7.69. The second-order valence-electron chi connectivity index (χ2n) is 6.68. The SMILES string of the molecule is O=c1[nH]c2cc(Br)c(C(O)CC3CC4CCC3C4)cc2[nH]1. The number of aromatic amines is 2. The quantitative estimate of drug-likeness (QED) is 0.793. The number of hydrogen-bond donors (Lipinski definition) is 3. The Bertz CT molecular complexity index is 735. The van der Waals surface area contributed by atoms with Crippen LogP contribution < -0.4 is 5.69 Å². The first kappa shape index (κ1) is 13.6. The molecule has 2 fully saturated rings. The van der Waals surface area contributed by atoms with Crippen LogP contribution in [0.15, 0.2) is 21.4 Å². The summed E-state index contributed by atoms with van der Waals surface area (Å²) in [7, 11) is 0. The summed E-state index contributed by atoms with van der Waals surface area (Å²) in [6, 6.07) is 3.75. The van der Waals surface area contributed by atoms with Crippen molar-refractivity contribution < 1.29 is 5.11 Å². The lowest BCUT2D eigenvalue weighted by Gasteiger charge is -2.24. The average molecular weight is 351 g/mol. The molecule has 1 aromatic heterocycles. The number of rotatable bonds is 3. The standard InChI is InChI=1S/C16H19BrN2O2/c17-12-7-14-13(18-16(21)19-14)6-11(12)15(20)5-10-4-8-1-2-9(10)3-8/h6-10,15,20H,1-5H2,(H2,18,19,21). The maximum absolute atomic E-state index is 11.4. The van der Waals surface area contributed by atoms with Crippen molar-refractivity contribution in [2.24, 2.45) is 17.8 Å². The minimum absolute atomic E-state index is 0.211. The Hall–Kier alpha value is -1.07. The predicted molar refractivity (Wildman–Crippen MR) is 85.1 cm³/mol. The van der Waals surface area contributed by atoms with Crippen molar-refractivity contribution in [2.75, 3.05) is 0 Å². The highest BCUT2D eigenvalue weighted by Crippen LogP contribution is 2.51. The van der Waals surface area contributed by atoms with E-state index in [0.717, 1.165) is 39.3 Å². The van der Waals surface area contributed by atoms with Crippen LogP contribution in [0.25, 0.3) is 11.0 Å². The minimum Gasteiger partial charge on any atom is -0.388 e. The van der Waals surface area contributed by atoms with Gasteiger partial charge in [-0.25, -0.2) is 4.79 Å².